The molecule has 0 aliphatic rings. The van der Waals surface area contributed by atoms with Gasteiger partial charge >= 0.3 is 80.9 Å². The van der Waals surface area contributed by atoms with Crippen molar-refractivity contribution < 1.29 is 76.7 Å². The van der Waals surface area contributed by atoms with Crippen LogP contribution in [0.2, 0.25) is 0 Å². The van der Waals surface area contributed by atoms with Gasteiger partial charge in [-0.05, 0) is 0 Å². The Kier molecular flexibility index (Phi) is 24.6. The molecule has 16 heavy (non-hydrogen) atoms. The molecule has 0 fully saturated rings. The van der Waals surface area contributed by atoms with Crippen LogP contribution in [0.25, 0.3) is 0 Å². The van der Waals surface area contributed by atoms with Crippen LogP contribution in [0, 0.1) is 0 Å². The predicted octanol–water partition coefficient (Wildman–Crippen LogP) is -1.98. The van der Waals surface area contributed by atoms with E-state index in [-0.39, 0.29) is 93.3 Å². The van der Waals surface area contributed by atoms with Gasteiger partial charge in [0.05, 0.1) is 0 Å². The molecule has 0 saturated heterocycles. The Morgan fingerprint density at radius 3 is 1.12 bits per heavy atom. The first-order valence-electron chi connectivity index (χ1n) is 2.14. The maximum atomic E-state index is 10.0. The van der Waals surface area contributed by atoms with Crippen LogP contribution in [-0.2, 0) is 52.3 Å². The van der Waals surface area contributed by atoms with Crippen molar-refractivity contribution in [1.29, 1.82) is 0 Å². The molecule has 2 radical (unpaired) electrons. The Balaban J connectivity index is -0.000000101. The third kappa shape index (κ3) is 25.5. The fourth-order valence-corrected chi connectivity index (χ4v) is 0.733. The van der Waals surface area contributed by atoms with Gasteiger partial charge in [-0.2, -0.15) is 0 Å². The Labute approximate surface area is 155 Å². The van der Waals surface area contributed by atoms with Gasteiger partial charge in [-0.25, -0.2) is 13.9 Å². The Hall–Kier alpha value is 2.61. The monoisotopic (exact) mass is 380 g/mol. The van der Waals surface area contributed by atoms with Crippen molar-refractivity contribution in [2.45, 2.75) is 0 Å². The number of hydrogen-bond acceptors (Lipinski definition) is 5. The van der Waals surface area contributed by atoms with Crippen LogP contribution in [0.5, 0.6) is 0 Å². The second-order valence-electron chi connectivity index (χ2n) is 1.41. The molecule has 0 heterocycles. The Morgan fingerprint density at radius 2 is 1.00 bits per heavy atom. The van der Waals surface area contributed by atoms with E-state index < -0.39 is 21.8 Å². The SMILES string of the molecule is O=C(OP(=O)(O)O)OP(=O)(O)O.[Mn].[Mn].[NaH].[NaH]. The van der Waals surface area contributed by atoms with Gasteiger partial charge in [0.15, 0.2) is 0 Å². The van der Waals surface area contributed by atoms with Gasteiger partial charge in [0.1, 0.15) is 0 Å². The van der Waals surface area contributed by atoms with E-state index in [0.717, 1.165) is 0 Å². The second kappa shape index (κ2) is 12.6. The van der Waals surface area contributed by atoms with Gasteiger partial charge in [0, 0.05) is 34.1 Å². The first kappa shape index (κ1) is 31.2. The summed E-state index contributed by atoms with van der Waals surface area (Å²) in [6.07, 6.45) is -2.14. The number of carbonyl (C=O) groups excluding carboxylic acids is 1. The average Bonchev–Trinajstić information content (AvgIpc) is 1.49. The van der Waals surface area contributed by atoms with Gasteiger partial charge in [0.2, 0.25) is 0 Å². The topological polar surface area (TPSA) is 151 Å². The second-order valence-corrected chi connectivity index (χ2v) is 3.74. The molecule has 0 aromatic rings. The van der Waals surface area contributed by atoms with E-state index >= 15 is 0 Å². The minimum atomic E-state index is -5.13. The summed E-state index contributed by atoms with van der Waals surface area (Å²) in [6.45, 7) is 0. The van der Waals surface area contributed by atoms with Gasteiger partial charge in [0.25, 0.3) is 0 Å². The fraction of sp³-hybridized carbons (Fsp3) is 0. The minimum absolute atomic E-state index is 0. The molecular weight excluding hydrogens is 374 g/mol. The van der Waals surface area contributed by atoms with Crippen molar-refractivity contribution in [3.63, 3.8) is 0 Å². The van der Waals surface area contributed by atoms with E-state index in [2.05, 4.69) is 9.05 Å². The van der Waals surface area contributed by atoms with Crippen molar-refractivity contribution >= 4 is 80.9 Å². The van der Waals surface area contributed by atoms with Crippen LogP contribution in [-0.4, -0.2) is 84.8 Å². The quantitative estimate of drug-likeness (QED) is 0.316. The Bertz CT molecular complexity index is 245. The van der Waals surface area contributed by atoms with Crippen LogP contribution in [0.3, 0.4) is 0 Å². The fourth-order valence-electron chi connectivity index (χ4n) is 0.211. The molecule has 0 aliphatic heterocycles. The first-order chi connectivity index (χ1) is 5.10. The van der Waals surface area contributed by atoms with E-state index in [9.17, 15) is 13.9 Å². The molecule has 0 amide bonds. The van der Waals surface area contributed by atoms with Crippen LogP contribution < -0.4 is 0 Å². The normalized spacial score (nSPS) is 9.25. The third-order valence-corrected chi connectivity index (χ3v) is 1.16. The standard InChI is InChI=1S/CH4O9P2.2Mn.2Na.2H/c2-1(9-11(3,4)5)10-12(6,7)8;;;;;;/h(H2,3,4,5)(H2,6,7,8);;;;;;. The van der Waals surface area contributed by atoms with E-state index in [1.807, 2.05) is 0 Å². The van der Waals surface area contributed by atoms with E-state index in [1.165, 1.54) is 0 Å². The van der Waals surface area contributed by atoms with Gasteiger partial charge in [-0.15, -0.1) is 0 Å². The molecule has 0 unspecified atom stereocenters. The molecule has 15 heteroatoms. The van der Waals surface area contributed by atoms with Crippen molar-refractivity contribution in [3.05, 3.63) is 0 Å². The molecule has 0 saturated carbocycles. The molecule has 90 valence electrons. The van der Waals surface area contributed by atoms with E-state index in [1.54, 1.807) is 0 Å². The molecule has 9 nitrogen and oxygen atoms in total. The molecule has 0 aliphatic carbocycles. The molecule has 4 N–H and O–H groups in total. The summed E-state index contributed by atoms with van der Waals surface area (Å²) in [5.74, 6) is 0. The zero-order valence-corrected chi connectivity index (χ0v) is 10.1. The van der Waals surface area contributed by atoms with Crippen LogP contribution in [0.15, 0.2) is 0 Å². The summed E-state index contributed by atoms with van der Waals surface area (Å²) in [7, 11) is -10.3. The number of phosphoric ester groups is 2. The van der Waals surface area contributed by atoms with Gasteiger partial charge in [-0.3, -0.25) is 19.6 Å². The zero-order chi connectivity index (χ0) is 9.99. The summed E-state index contributed by atoms with van der Waals surface area (Å²) < 4.78 is 25.9. The van der Waals surface area contributed by atoms with Crippen LogP contribution in [0.4, 0.5) is 4.79 Å². The van der Waals surface area contributed by atoms with Crippen molar-refractivity contribution in [2.24, 2.45) is 0 Å². The zero-order valence-electron chi connectivity index (χ0n) is 5.98. The van der Waals surface area contributed by atoms with Crippen molar-refractivity contribution in [3.8, 4) is 0 Å². The van der Waals surface area contributed by atoms with E-state index in [0.29, 0.717) is 0 Å². The average molecular weight is 380 g/mol. The number of phosphoric acid groups is 2. The Morgan fingerprint density at radius 1 is 0.812 bits per heavy atom. The van der Waals surface area contributed by atoms with Crippen LogP contribution in [0.1, 0.15) is 0 Å². The maximum absolute atomic E-state index is 10.0. The van der Waals surface area contributed by atoms with E-state index in [4.69, 9.17) is 19.6 Å². The summed E-state index contributed by atoms with van der Waals surface area (Å²) in [4.78, 5) is 41.7. The third-order valence-electron chi connectivity index (χ3n) is 0.387. The molecular formula is CH6Mn2Na2O9P2. The number of carbonyl (C=O) groups is 1. The predicted molar refractivity (Wildman–Crippen MR) is 46.0 cm³/mol. The molecule has 0 spiro atoms. The van der Waals surface area contributed by atoms with Crippen molar-refractivity contribution in [2.75, 3.05) is 0 Å². The van der Waals surface area contributed by atoms with Crippen molar-refractivity contribution in [1.82, 2.24) is 0 Å². The molecule has 0 atom stereocenters. The first-order valence-corrected chi connectivity index (χ1v) is 5.20. The van der Waals surface area contributed by atoms with Gasteiger partial charge < -0.3 is 9.05 Å². The molecule has 0 rings (SSSR count). The molecule has 0 aromatic carbocycles. The molecule has 0 aromatic heterocycles. The number of hydrogen-bond donors (Lipinski definition) is 4. The summed E-state index contributed by atoms with van der Waals surface area (Å²) in [5, 5.41) is 0. The van der Waals surface area contributed by atoms with Crippen LogP contribution >= 0.6 is 15.6 Å². The summed E-state index contributed by atoms with van der Waals surface area (Å²) >= 11 is 0. The number of rotatable bonds is 2. The molecule has 0 bridgehead atoms. The summed E-state index contributed by atoms with van der Waals surface area (Å²) in [5.41, 5.74) is 0. The van der Waals surface area contributed by atoms with Gasteiger partial charge in [-0.1, -0.05) is 0 Å². The summed E-state index contributed by atoms with van der Waals surface area (Å²) in [6, 6.07) is 0.